The number of nitrogens with zero attached hydrogens (tertiary/aromatic N) is 1. The number of rotatable bonds is 4. The molecule has 0 radical (unpaired) electrons. The van der Waals surface area contributed by atoms with Gasteiger partial charge in [0.05, 0.1) is 11.1 Å². The molecule has 26 heavy (non-hydrogen) atoms. The van der Waals surface area contributed by atoms with Crippen molar-refractivity contribution in [2.75, 3.05) is 13.8 Å². The van der Waals surface area contributed by atoms with Gasteiger partial charge >= 0.3 is 5.97 Å². The average molecular weight is 374 g/mol. The Hall–Kier alpha value is -3.20. The molecule has 0 unspecified atom stereocenters. The molecule has 1 aliphatic heterocycles. The second-order valence-corrected chi connectivity index (χ2v) is 7.20. The van der Waals surface area contributed by atoms with Gasteiger partial charge in [-0.2, -0.15) is 4.31 Å². The first-order valence-electron chi connectivity index (χ1n) is 7.51. The highest BCUT2D eigenvalue weighted by atomic mass is 32.2. The van der Waals surface area contributed by atoms with Crippen LogP contribution >= 0.6 is 0 Å². The lowest BCUT2D eigenvalue weighted by atomic mass is 10.1. The summed E-state index contributed by atoms with van der Waals surface area (Å²) in [5.74, 6) is -1.87. The Morgan fingerprint density at radius 3 is 2.27 bits per heavy atom. The fourth-order valence-corrected chi connectivity index (χ4v) is 3.89. The molecule has 0 saturated carbocycles. The second-order valence-electron chi connectivity index (χ2n) is 5.37. The van der Waals surface area contributed by atoms with Crippen LogP contribution in [0, 0.1) is 0 Å². The molecule has 1 aliphatic rings. The van der Waals surface area contributed by atoms with Gasteiger partial charge in [-0.05, 0) is 36.4 Å². The number of nitrogens with one attached hydrogen (secondary N) is 1. The summed E-state index contributed by atoms with van der Waals surface area (Å²) >= 11 is 0. The topological polar surface area (TPSA) is 110 Å². The summed E-state index contributed by atoms with van der Waals surface area (Å²) in [5, 5.41) is 2.45. The SMILES string of the molecule is CNC(=O)c1ccc(C(=O)OCN2C(=O)c3ccccc3S2(=O)=O)cc1. The summed E-state index contributed by atoms with van der Waals surface area (Å²) < 4.78 is 30.2. The van der Waals surface area contributed by atoms with Crippen molar-refractivity contribution >= 4 is 27.8 Å². The number of carbonyl (C=O) groups is 3. The molecule has 8 nitrogen and oxygen atoms in total. The van der Waals surface area contributed by atoms with Crippen LogP contribution in [0.1, 0.15) is 31.1 Å². The Morgan fingerprint density at radius 2 is 1.65 bits per heavy atom. The molecule has 0 saturated heterocycles. The highest BCUT2D eigenvalue weighted by molar-refractivity contribution is 7.90. The molecule has 2 aromatic rings. The van der Waals surface area contributed by atoms with Gasteiger partial charge in [0.2, 0.25) is 0 Å². The van der Waals surface area contributed by atoms with Crippen molar-refractivity contribution in [1.82, 2.24) is 9.62 Å². The van der Waals surface area contributed by atoms with Crippen molar-refractivity contribution < 1.29 is 27.5 Å². The molecule has 1 heterocycles. The van der Waals surface area contributed by atoms with Crippen molar-refractivity contribution in [2.45, 2.75) is 4.90 Å². The van der Waals surface area contributed by atoms with Gasteiger partial charge < -0.3 is 10.1 Å². The van der Waals surface area contributed by atoms with Crippen LogP contribution < -0.4 is 5.32 Å². The Morgan fingerprint density at radius 1 is 1.04 bits per heavy atom. The van der Waals surface area contributed by atoms with Gasteiger partial charge in [-0.1, -0.05) is 12.1 Å². The van der Waals surface area contributed by atoms with E-state index >= 15 is 0 Å². The lowest BCUT2D eigenvalue weighted by molar-refractivity contribution is 0.0357. The molecule has 2 amide bonds. The van der Waals surface area contributed by atoms with Crippen molar-refractivity contribution in [3.63, 3.8) is 0 Å². The molecular formula is C17H14N2O6S. The fourth-order valence-electron chi connectivity index (χ4n) is 2.46. The fraction of sp³-hybridized carbons (Fsp3) is 0.118. The van der Waals surface area contributed by atoms with Crippen LogP contribution in [0.15, 0.2) is 53.4 Å². The number of esters is 1. The van der Waals surface area contributed by atoms with E-state index in [0.29, 0.717) is 9.87 Å². The summed E-state index contributed by atoms with van der Waals surface area (Å²) in [6.45, 7) is -0.730. The van der Waals surface area contributed by atoms with Gasteiger partial charge in [-0.25, -0.2) is 13.2 Å². The quantitative estimate of drug-likeness (QED) is 0.800. The maximum Gasteiger partial charge on any atom is 0.339 e. The highest BCUT2D eigenvalue weighted by Crippen LogP contribution is 2.29. The van der Waals surface area contributed by atoms with Crippen LogP contribution in [0.5, 0.6) is 0 Å². The number of fused-ring (bicyclic) bond motifs is 1. The number of carbonyl (C=O) groups excluding carboxylic acids is 3. The number of hydrogen-bond acceptors (Lipinski definition) is 6. The van der Waals surface area contributed by atoms with Gasteiger partial charge in [0.25, 0.3) is 21.8 Å². The molecule has 9 heteroatoms. The predicted octanol–water partition coefficient (Wildman–Crippen LogP) is 1.01. The molecule has 0 spiro atoms. The molecule has 0 atom stereocenters. The Bertz CT molecular complexity index is 998. The van der Waals surface area contributed by atoms with Gasteiger partial charge in [0.1, 0.15) is 4.90 Å². The largest absolute Gasteiger partial charge is 0.439 e. The first-order chi connectivity index (χ1) is 12.4. The number of ether oxygens (including phenoxy) is 1. The van der Waals surface area contributed by atoms with E-state index in [-0.39, 0.29) is 21.9 Å². The Labute approximate surface area is 149 Å². The first kappa shape index (κ1) is 17.6. The second kappa shape index (κ2) is 6.60. The van der Waals surface area contributed by atoms with Crippen molar-refractivity contribution in [3.8, 4) is 0 Å². The summed E-state index contributed by atoms with van der Waals surface area (Å²) in [7, 11) is -2.56. The van der Waals surface area contributed by atoms with Crippen LogP contribution in [0.2, 0.25) is 0 Å². The molecule has 2 aromatic carbocycles. The van der Waals surface area contributed by atoms with Crippen LogP contribution in [0.4, 0.5) is 0 Å². The third kappa shape index (κ3) is 2.93. The minimum Gasteiger partial charge on any atom is -0.439 e. The number of amides is 2. The Kier molecular flexibility index (Phi) is 4.47. The van der Waals surface area contributed by atoms with E-state index in [4.69, 9.17) is 4.74 Å². The molecule has 0 bridgehead atoms. The van der Waals surface area contributed by atoms with E-state index in [1.807, 2.05) is 0 Å². The summed E-state index contributed by atoms with van der Waals surface area (Å²) in [6.07, 6.45) is 0. The first-order valence-corrected chi connectivity index (χ1v) is 8.95. The monoisotopic (exact) mass is 374 g/mol. The van der Waals surface area contributed by atoms with Crippen molar-refractivity contribution in [3.05, 3.63) is 65.2 Å². The summed E-state index contributed by atoms with van der Waals surface area (Å²) in [6, 6.07) is 11.4. The zero-order chi connectivity index (χ0) is 18.9. The lowest BCUT2D eigenvalue weighted by Gasteiger charge is -2.15. The minimum atomic E-state index is -4.04. The van der Waals surface area contributed by atoms with E-state index in [1.54, 1.807) is 6.07 Å². The van der Waals surface area contributed by atoms with E-state index in [0.717, 1.165) is 0 Å². The van der Waals surface area contributed by atoms with E-state index in [1.165, 1.54) is 49.5 Å². The van der Waals surface area contributed by atoms with Crippen LogP contribution in [0.3, 0.4) is 0 Å². The molecule has 134 valence electrons. The van der Waals surface area contributed by atoms with Crippen LogP contribution in [-0.4, -0.2) is 44.3 Å². The average Bonchev–Trinajstić information content (AvgIpc) is 2.85. The van der Waals surface area contributed by atoms with Gasteiger partial charge in [0, 0.05) is 12.6 Å². The van der Waals surface area contributed by atoms with Gasteiger partial charge in [-0.15, -0.1) is 0 Å². The summed E-state index contributed by atoms with van der Waals surface area (Å²) in [4.78, 5) is 35.7. The normalized spacial score (nSPS) is 14.7. The third-order valence-electron chi connectivity index (χ3n) is 3.83. The molecule has 1 N–H and O–H groups in total. The zero-order valence-corrected chi connectivity index (χ0v) is 14.4. The van der Waals surface area contributed by atoms with Gasteiger partial charge in [-0.3, -0.25) is 9.59 Å². The highest BCUT2D eigenvalue weighted by Gasteiger charge is 2.41. The zero-order valence-electron chi connectivity index (χ0n) is 13.6. The van der Waals surface area contributed by atoms with E-state index in [9.17, 15) is 22.8 Å². The lowest BCUT2D eigenvalue weighted by Crippen LogP contribution is -2.33. The maximum absolute atomic E-state index is 12.4. The number of benzene rings is 2. The Balaban J connectivity index is 1.72. The smallest absolute Gasteiger partial charge is 0.339 e. The molecule has 0 aromatic heterocycles. The molecule has 3 rings (SSSR count). The third-order valence-corrected chi connectivity index (χ3v) is 5.60. The number of sulfonamides is 1. The van der Waals surface area contributed by atoms with E-state index in [2.05, 4.69) is 5.32 Å². The summed E-state index contributed by atoms with van der Waals surface area (Å²) in [5.41, 5.74) is 0.523. The predicted molar refractivity (Wildman–Crippen MR) is 89.9 cm³/mol. The molecule has 0 fully saturated rings. The van der Waals surface area contributed by atoms with Crippen molar-refractivity contribution in [2.24, 2.45) is 0 Å². The maximum atomic E-state index is 12.4. The van der Waals surface area contributed by atoms with E-state index < -0.39 is 28.6 Å². The molecule has 0 aliphatic carbocycles. The van der Waals surface area contributed by atoms with Crippen molar-refractivity contribution in [1.29, 1.82) is 0 Å². The standard InChI is InChI=1S/C17H14N2O6S/c1-18-15(20)11-6-8-12(9-7-11)17(22)25-10-19-16(21)13-4-2-3-5-14(13)26(19,23)24/h2-9H,10H2,1H3,(H,18,20). The van der Waals surface area contributed by atoms with Crippen LogP contribution in [0.25, 0.3) is 0 Å². The number of hydrogen-bond donors (Lipinski definition) is 1. The minimum absolute atomic E-state index is 0.0403. The molecular weight excluding hydrogens is 360 g/mol. The van der Waals surface area contributed by atoms with Gasteiger partial charge in [0.15, 0.2) is 6.73 Å². The van der Waals surface area contributed by atoms with Crippen LogP contribution in [-0.2, 0) is 14.8 Å².